The van der Waals surface area contributed by atoms with Crippen molar-refractivity contribution in [2.45, 2.75) is 19.5 Å². The summed E-state index contributed by atoms with van der Waals surface area (Å²) < 4.78 is 43.9. The molecule has 1 aliphatic rings. The van der Waals surface area contributed by atoms with Crippen molar-refractivity contribution in [1.29, 1.82) is 0 Å². The third-order valence-corrected chi connectivity index (χ3v) is 4.97. The third kappa shape index (κ3) is 3.65. The van der Waals surface area contributed by atoms with Crippen LogP contribution in [0.25, 0.3) is 17.2 Å². The Morgan fingerprint density at radius 1 is 1.07 bits per heavy atom. The molecule has 0 spiro atoms. The number of aromatic nitrogens is 4. The highest BCUT2D eigenvalue weighted by Crippen LogP contribution is 2.44. The van der Waals surface area contributed by atoms with Crippen molar-refractivity contribution >= 4 is 17.2 Å². The van der Waals surface area contributed by atoms with Crippen LogP contribution in [0.2, 0.25) is 0 Å². The summed E-state index contributed by atoms with van der Waals surface area (Å²) >= 11 is 0. The smallest absolute Gasteiger partial charge is 0.416 e. The average molecular weight is 398 g/mol. The van der Waals surface area contributed by atoms with Crippen molar-refractivity contribution in [2.75, 3.05) is 7.11 Å². The van der Waals surface area contributed by atoms with E-state index in [1.165, 1.54) is 12.1 Å². The second-order valence-corrected chi connectivity index (χ2v) is 6.70. The number of halogens is 3. The van der Waals surface area contributed by atoms with Crippen LogP contribution in [0, 0.1) is 0 Å². The fraction of sp³-hybridized carbons (Fsp3) is 0.190. The minimum Gasteiger partial charge on any atom is -0.497 e. The standard InChI is InChI=1S/C21H17F3N4O/c1-12-17(9-13-3-5-14(6-4-13)21(22,23)24)16-8-7-15(29-2)10-19(16)18(12)11-20-25-27-28-26-20/h3-10H,11H2,1-2H3,(H,25,26,27,28). The lowest BCUT2D eigenvalue weighted by atomic mass is 10.00. The molecule has 1 aliphatic carbocycles. The van der Waals surface area contributed by atoms with Crippen molar-refractivity contribution in [2.24, 2.45) is 0 Å². The van der Waals surface area contributed by atoms with Gasteiger partial charge in [0.25, 0.3) is 0 Å². The summed E-state index contributed by atoms with van der Waals surface area (Å²) in [6.45, 7) is 1.98. The minimum absolute atomic E-state index is 0.479. The third-order valence-electron chi connectivity index (χ3n) is 4.97. The Labute approximate surface area is 164 Å². The monoisotopic (exact) mass is 398 g/mol. The lowest BCUT2D eigenvalue weighted by Crippen LogP contribution is -2.04. The highest BCUT2D eigenvalue weighted by atomic mass is 19.4. The molecule has 0 aliphatic heterocycles. The lowest BCUT2D eigenvalue weighted by molar-refractivity contribution is -0.137. The molecule has 4 rings (SSSR count). The molecule has 29 heavy (non-hydrogen) atoms. The van der Waals surface area contributed by atoms with E-state index in [-0.39, 0.29) is 0 Å². The molecule has 3 aromatic rings. The number of benzene rings is 2. The number of H-pyrrole nitrogens is 1. The summed E-state index contributed by atoms with van der Waals surface area (Å²) in [6.07, 6.45) is -1.98. The van der Waals surface area contributed by atoms with Gasteiger partial charge >= 0.3 is 6.18 Å². The molecule has 148 valence electrons. The maximum Gasteiger partial charge on any atom is 0.416 e. The molecule has 0 radical (unpaired) electrons. The van der Waals surface area contributed by atoms with Gasteiger partial charge in [0, 0.05) is 6.42 Å². The highest BCUT2D eigenvalue weighted by Gasteiger charge is 2.30. The van der Waals surface area contributed by atoms with E-state index in [0.717, 1.165) is 45.7 Å². The van der Waals surface area contributed by atoms with Crippen LogP contribution in [0.15, 0.2) is 48.0 Å². The number of hydrogen-bond donors (Lipinski definition) is 1. The van der Waals surface area contributed by atoms with Gasteiger partial charge in [0.1, 0.15) is 5.75 Å². The van der Waals surface area contributed by atoms with E-state index in [2.05, 4.69) is 20.6 Å². The highest BCUT2D eigenvalue weighted by molar-refractivity contribution is 6.05. The van der Waals surface area contributed by atoms with E-state index in [0.29, 0.717) is 17.8 Å². The maximum absolute atomic E-state index is 12.8. The number of ether oxygens (including phenoxy) is 1. The van der Waals surface area contributed by atoms with Crippen molar-refractivity contribution in [3.63, 3.8) is 0 Å². The summed E-state index contributed by atoms with van der Waals surface area (Å²) in [5.74, 6) is 1.28. The molecule has 1 aromatic heterocycles. The van der Waals surface area contributed by atoms with Crippen LogP contribution in [0.3, 0.4) is 0 Å². The van der Waals surface area contributed by atoms with Gasteiger partial charge < -0.3 is 4.74 Å². The Balaban J connectivity index is 1.78. The van der Waals surface area contributed by atoms with Crippen molar-refractivity contribution < 1.29 is 17.9 Å². The SMILES string of the molecule is COc1ccc2c(c1)C(Cc1nn[nH]n1)=C(C)C2=Cc1ccc(C(F)(F)F)cc1. The van der Waals surface area contributed by atoms with Crippen LogP contribution in [0.4, 0.5) is 13.2 Å². The summed E-state index contributed by atoms with van der Waals surface area (Å²) in [5.41, 5.74) is 4.99. The molecule has 5 nitrogen and oxygen atoms in total. The van der Waals surface area contributed by atoms with Crippen molar-refractivity contribution in [1.82, 2.24) is 20.6 Å². The first-order valence-corrected chi connectivity index (χ1v) is 8.87. The molecular formula is C21H17F3N4O. The van der Waals surface area contributed by atoms with Crippen molar-refractivity contribution in [3.8, 4) is 5.75 Å². The van der Waals surface area contributed by atoms with Crippen LogP contribution >= 0.6 is 0 Å². The molecule has 2 aromatic carbocycles. The van der Waals surface area contributed by atoms with E-state index in [1.54, 1.807) is 7.11 Å². The first-order chi connectivity index (χ1) is 13.9. The van der Waals surface area contributed by atoms with Gasteiger partial charge in [-0.3, -0.25) is 0 Å². The second-order valence-electron chi connectivity index (χ2n) is 6.70. The minimum atomic E-state index is -4.35. The fourth-order valence-corrected chi connectivity index (χ4v) is 3.47. The number of rotatable bonds is 4. The topological polar surface area (TPSA) is 63.7 Å². The molecule has 0 saturated heterocycles. The number of tetrazole rings is 1. The van der Waals surface area contributed by atoms with Gasteiger partial charge in [-0.25, -0.2) is 0 Å². The maximum atomic E-state index is 12.8. The van der Waals surface area contributed by atoms with Gasteiger partial charge in [-0.1, -0.05) is 23.4 Å². The predicted octanol–water partition coefficient (Wildman–Crippen LogP) is 4.80. The van der Waals surface area contributed by atoms with Crippen LogP contribution in [-0.2, 0) is 12.6 Å². The zero-order valence-corrected chi connectivity index (χ0v) is 15.7. The first-order valence-electron chi connectivity index (χ1n) is 8.87. The zero-order valence-electron chi connectivity index (χ0n) is 15.7. The zero-order chi connectivity index (χ0) is 20.6. The van der Waals surface area contributed by atoms with Crippen molar-refractivity contribution in [3.05, 3.63) is 76.1 Å². The van der Waals surface area contributed by atoms with Crippen LogP contribution in [0.5, 0.6) is 5.75 Å². The Morgan fingerprint density at radius 3 is 2.45 bits per heavy atom. The summed E-state index contributed by atoms with van der Waals surface area (Å²) in [6, 6.07) is 10.9. The van der Waals surface area contributed by atoms with E-state index in [1.807, 2.05) is 31.2 Å². The number of fused-ring (bicyclic) bond motifs is 1. The molecule has 1 heterocycles. The molecule has 0 saturated carbocycles. The van der Waals surface area contributed by atoms with Gasteiger partial charge in [-0.15, -0.1) is 10.2 Å². The molecule has 0 fully saturated rings. The molecule has 0 atom stereocenters. The van der Waals surface area contributed by atoms with E-state index >= 15 is 0 Å². The predicted molar refractivity (Wildman–Crippen MR) is 103 cm³/mol. The Kier molecular flexibility index (Phi) is 4.70. The quantitative estimate of drug-likeness (QED) is 0.686. The van der Waals surface area contributed by atoms with Crippen LogP contribution < -0.4 is 4.74 Å². The molecule has 0 amide bonds. The number of hydrogen-bond acceptors (Lipinski definition) is 4. The van der Waals surface area contributed by atoms with Gasteiger partial charge in [0.2, 0.25) is 0 Å². The lowest BCUT2D eigenvalue weighted by Gasteiger charge is -2.08. The van der Waals surface area contributed by atoms with E-state index in [9.17, 15) is 13.2 Å². The van der Waals surface area contributed by atoms with E-state index in [4.69, 9.17) is 4.74 Å². The molecular weight excluding hydrogens is 381 g/mol. The number of nitrogens with zero attached hydrogens (tertiary/aromatic N) is 3. The number of methoxy groups -OCH3 is 1. The Bertz CT molecular complexity index is 1100. The van der Waals surface area contributed by atoms with Gasteiger partial charge in [0.05, 0.1) is 12.7 Å². The number of allylic oxidation sites excluding steroid dienone is 3. The molecule has 0 unspecified atom stereocenters. The number of aromatic amines is 1. The first kappa shape index (κ1) is 18.9. The van der Waals surface area contributed by atoms with Gasteiger partial charge in [-0.05, 0) is 70.7 Å². The van der Waals surface area contributed by atoms with Crippen LogP contribution in [0.1, 0.15) is 35.0 Å². The van der Waals surface area contributed by atoms with Gasteiger partial charge in [0.15, 0.2) is 5.82 Å². The fourth-order valence-electron chi connectivity index (χ4n) is 3.47. The summed E-state index contributed by atoms with van der Waals surface area (Å²) in [7, 11) is 1.60. The molecule has 8 heteroatoms. The van der Waals surface area contributed by atoms with Gasteiger partial charge in [-0.2, -0.15) is 18.4 Å². The molecule has 1 N–H and O–H groups in total. The Hall–Kier alpha value is -3.42. The average Bonchev–Trinajstić information content (AvgIpc) is 3.30. The molecule has 0 bridgehead atoms. The van der Waals surface area contributed by atoms with Crippen LogP contribution in [-0.4, -0.2) is 27.7 Å². The summed E-state index contributed by atoms with van der Waals surface area (Å²) in [4.78, 5) is 0. The normalized spacial score (nSPS) is 15.1. The Morgan fingerprint density at radius 2 is 1.83 bits per heavy atom. The van der Waals surface area contributed by atoms with E-state index < -0.39 is 11.7 Å². The second kappa shape index (κ2) is 7.20. The number of alkyl halides is 3. The number of nitrogens with one attached hydrogen (secondary N) is 1. The summed E-state index contributed by atoms with van der Waals surface area (Å²) in [5, 5.41) is 14.1. The largest absolute Gasteiger partial charge is 0.497 e.